The lowest BCUT2D eigenvalue weighted by Gasteiger charge is -2.03. The van der Waals surface area contributed by atoms with Gasteiger partial charge in [-0.2, -0.15) is 0 Å². The minimum Gasteiger partial charge on any atom is -0.411 e. The van der Waals surface area contributed by atoms with E-state index >= 15 is 0 Å². The van der Waals surface area contributed by atoms with Crippen LogP contribution in [0.2, 0.25) is 5.02 Å². The molecule has 1 aromatic heterocycles. The number of halogens is 1. The van der Waals surface area contributed by atoms with Gasteiger partial charge in [-0.3, -0.25) is 4.79 Å². The van der Waals surface area contributed by atoms with Gasteiger partial charge in [0.05, 0.1) is 10.6 Å². The Bertz CT molecular complexity index is 1070. The van der Waals surface area contributed by atoms with Gasteiger partial charge in [0.25, 0.3) is 5.22 Å². The number of fused-ring (bicyclic) bond motifs is 1. The Kier molecular flexibility index (Phi) is 4.26. The first-order chi connectivity index (χ1) is 12.2. The number of carbonyl (C=O) groups is 1. The van der Waals surface area contributed by atoms with Gasteiger partial charge < -0.3 is 4.42 Å². The summed E-state index contributed by atoms with van der Waals surface area (Å²) in [5.74, 6) is 0.291. The molecule has 122 valence electrons. The van der Waals surface area contributed by atoms with Crippen molar-refractivity contribution < 1.29 is 9.21 Å². The second kappa shape index (κ2) is 6.70. The van der Waals surface area contributed by atoms with Gasteiger partial charge in [0.1, 0.15) is 0 Å². The van der Waals surface area contributed by atoms with Crippen LogP contribution in [0.3, 0.4) is 0 Å². The number of hydrogen-bond acceptors (Lipinski definition) is 5. The molecule has 4 aromatic rings. The number of carbonyl (C=O) groups excluding carboxylic acids is 1. The van der Waals surface area contributed by atoms with Crippen molar-refractivity contribution in [3.63, 3.8) is 0 Å². The third-order valence-corrected chi connectivity index (χ3v) is 4.77. The van der Waals surface area contributed by atoms with E-state index in [-0.39, 0.29) is 10.3 Å². The Morgan fingerprint density at radius 2 is 1.68 bits per heavy atom. The fourth-order valence-corrected chi connectivity index (χ4v) is 3.40. The minimum atomic E-state index is -0.147. The normalized spacial score (nSPS) is 10.9. The Morgan fingerprint density at radius 1 is 0.920 bits per heavy atom. The van der Waals surface area contributed by atoms with Crippen molar-refractivity contribution in [3.8, 4) is 11.5 Å². The summed E-state index contributed by atoms with van der Waals surface area (Å²) in [6.07, 6.45) is 0. The summed E-state index contributed by atoms with van der Waals surface area (Å²) in [5, 5.41) is 10.4. The topological polar surface area (TPSA) is 56.0 Å². The molecule has 4 nitrogen and oxygen atoms in total. The average Bonchev–Trinajstić information content (AvgIpc) is 3.09. The fraction of sp³-hybridized carbons (Fsp3) is 0. The van der Waals surface area contributed by atoms with E-state index in [4.69, 9.17) is 16.0 Å². The van der Waals surface area contributed by atoms with Crippen LogP contribution in [0.1, 0.15) is 10.4 Å². The van der Waals surface area contributed by atoms with Crippen molar-refractivity contribution in [2.24, 2.45) is 0 Å². The highest BCUT2D eigenvalue weighted by Crippen LogP contribution is 2.31. The van der Waals surface area contributed by atoms with Gasteiger partial charge >= 0.3 is 0 Å². The zero-order chi connectivity index (χ0) is 17.2. The number of rotatable bonds is 3. The van der Waals surface area contributed by atoms with Crippen LogP contribution in [-0.4, -0.2) is 15.3 Å². The van der Waals surface area contributed by atoms with Crippen LogP contribution < -0.4 is 0 Å². The highest BCUT2D eigenvalue weighted by atomic mass is 35.5. The van der Waals surface area contributed by atoms with Crippen molar-refractivity contribution in [2.75, 3.05) is 0 Å². The lowest BCUT2D eigenvalue weighted by Crippen LogP contribution is -1.94. The van der Waals surface area contributed by atoms with Crippen molar-refractivity contribution in [1.29, 1.82) is 0 Å². The van der Waals surface area contributed by atoms with E-state index in [2.05, 4.69) is 10.2 Å². The lowest BCUT2D eigenvalue weighted by atomic mass is 10.1. The molecule has 0 aliphatic heterocycles. The van der Waals surface area contributed by atoms with Crippen LogP contribution in [0.5, 0.6) is 0 Å². The first-order valence-corrected chi connectivity index (χ1v) is 8.70. The molecule has 0 amide bonds. The monoisotopic (exact) mass is 366 g/mol. The summed E-state index contributed by atoms with van der Waals surface area (Å²) in [5.41, 5.74) is 1.25. The molecular formula is C19H11ClN2O2S. The zero-order valence-electron chi connectivity index (χ0n) is 12.8. The van der Waals surface area contributed by atoms with Crippen LogP contribution in [0.4, 0.5) is 0 Å². The fourth-order valence-electron chi connectivity index (χ4n) is 2.53. The first-order valence-electron chi connectivity index (χ1n) is 7.51. The van der Waals surface area contributed by atoms with Crippen LogP contribution in [0, 0.1) is 0 Å². The van der Waals surface area contributed by atoms with E-state index in [0.717, 1.165) is 22.5 Å². The maximum atomic E-state index is 12.6. The zero-order valence-corrected chi connectivity index (χ0v) is 14.4. The van der Waals surface area contributed by atoms with Gasteiger partial charge in [0.15, 0.2) is 0 Å². The summed E-state index contributed by atoms with van der Waals surface area (Å²) in [7, 11) is 0. The van der Waals surface area contributed by atoms with Crippen LogP contribution in [0.25, 0.3) is 22.2 Å². The molecule has 0 radical (unpaired) electrons. The van der Waals surface area contributed by atoms with E-state index in [0.29, 0.717) is 22.0 Å². The molecule has 4 rings (SSSR count). The summed E-state index contributed by atoms with van der Waals surface area (Å²) >= 11 is 7.04. The highest BCUT2D eigenvalue weighted by Gasteiger charge is 2.17. The largest absolute Gasteiger partial charge is 0.411 e. The average molecular weight is 367 g/mol. The molecule has 0 spiro atoms. The molecule has 1 heterocycles. The van der Waals surface area contributed by atoms with Gasteiger partial charge in [0.2, 0.25) is 11.0 Å². The second-order valence-electron chi connectivity index (χ2n) is 5.27. The Balaban J connectivity index is 1.62. The van der Waals surface area contributed by atoms with Gasteiger partial charge in [-0.25, -0.2) is 0 Å². The molecule has 3 aromatic carbocycles. The predicted molar refractivity (Wildman–Crippen MR) is 98.9 cm³/mol. The number of thioether (sulfide) groups is 1. The van der Waals surface area contributed by atoms with E-state index in [1.165, 1.54) is 0 Å². The molecule has 0 saturated heterocycles. The Morgan fingerprint density at radius 3 is 2.56 bits per heavy atom. The Hall–Kier alpha value is -2.63. The maximum Gasteiger partial charge on any atom is 0.284 e. The van der Waals surface area contributed by atoms with E-state index in [1.807, 2.05) is 48.5 Å². The van der Waals surface area contributed by atoms with Crippen LogP contribution >= 0.6 is 23.4 Å². The van der Waals surface area contributed by atoms with Gasteiger partial charge in [-0.05, 0) is 29.0 Å². The molecular weight excluding hydrogens is 356 g/mol. The minimum absolute atomic E-state index is 0.147. The Labute approximate surface area is 152 Å². The van der Waals surface area contributed by atoms with Crippen molar-refractivity contribution in [1.82, 2.24) is 10.2 Å². The number of benzene rings is 3. The van der Waals surface area contributed by atoms with Crippen molar-refractivity contribution in [2.45, 2.75) is 5.22 Å². The summed E-state index contributed by atoms with van der Waals surface area (Å²) in [6, 6.07) is 20.6. The maximum absolute atomic E-state index is 12.6. The molecule has 0 N–H and O–H groups in total. The standard InChI is InChI=1S/C19H11ClN2O2S/c20-16-11-4-3-9-15(16)17-21-22-19(24-17)25-18(23)14-10-5-7-12-6-1-2-8-13(12)14/h1-11H. The number of hydrogen-bond donors (Lipinski definition) is 0. The predicted octanol–water partition coefficient (Wildman–Crippen LogP) is 5.48. The van der Waals surface area contributed by atoms with E-state index < -0.39 is 0 Å². The highest BCUT2D eigenvalue weighted by molar-refractivity contribution is 8.14. The van der Waals surface area contributed by atoms with Gasteiger partial charge in [-0.1, -0.05) is 60.1 Å². The van der Waals surface area contributed by atoms with Gasteiger partial charge in [0, 0.05) is 17.3 Å². The molecule has 0 atom stereocenters. The quantitative estimate of drug-likeness (QED) is 0.449. The molecule has 0 unspecified atom stereocenters. The van der Waals surface area contributed by atoms with E-state index in [1.54, 1.807) is 18.2 Å². The SMILES string of the molecule is O=C(Sc1nnc(-c2ccccc2Cl)o1)c1cccc2ccccc12. The summed E-state index contributed by atoms with van der Waals surface area (Å²) < 4.78 is 5.59. The third kappa shape index (κ3) is 3.16. The second-order valence-corrected chi connectivity index (χ2v) is 6.60. The molecule has 0 aliphatic carbocycles. The van der Waals surface area contributed by atoms with E-state index in [9.17, 15) is 4.79 Å². The van der Waals surface area contributed by atoms with Gasteiger partial charge in [-0.15, -0.1) is 10.2 Å². The lowest BCUT2D eigenvalue weighted by molar-refractivity contribution is 0.108. The van der Waals surface area contributed by atoms with Crippen LogP contribution in [-0.2, 0) is 0 Å². The summed E-state index contributed by atoms with van der Waals surface area (Å²) in [6.45, 7) is 0. The first kappa shape index (κ1) is 15.9. The molecule has 0 bridgehead atoms. The van der Waals surface area contributed by atoms with Crippen molar-refractivity contribution >= 4 is 39.3 Å². The molecule has 0 saturated carbocycles. The number of aromatic nitrogens is 2. The molecule has 25 heavy (non-hydrogen) atoms. The third-order valence-electron chi connectivity index (χ3n) is 3.70. The molecule has 0 aliphatic rings. The van der Waals surface area contributed by atoms with Crippen LogP contribution in [0.15, 0.2) is 76.4 Å². The number of nitrogens with zero attached hydrogens (tertiary/aromatic N) is 2. The van der Waals surface area contributed by atoms with Crippen molar-refractivity contribution in [3.05, 3.63) is 77.3 Å². The molecule has 6 heteroatoms. The summed E-state index contributed by atoms with van der Waals surface area (Å²) in [4.78, 5) is 12.6. The smallest absolute Gasteiger partial charge is 0.284 e. The molecule has 0 fully saturated rings.